The molecule has 5 heteroatoms. The second-order valence-electron chi connectivity index (χ2n) is 5.87. The summed E-state index contributed by atoms with van der Waals surface area (Å²) >= 11 is 0. The van der Waals surface area contributed by atoms with E-state index >= 15 is 0 Å². The van der Waals surface area contributed by atoms with Crippen LogP contribution in [0.2, 0.25) is 0 Å². The molecule has 1 aromatic rings. The van der Waals surface area contributed by atoms with Crippen molar-refractivity contribution >= 4 is 11.8 Å². The number of hydrogen-bond donors (Lipinski definition) is 3. The van der Waals surface area contributed by atoms with E-state index in [0.717, 1.165) is 43.7 Å². The number of nitrogens with one attached hydrogen (secondary N) is 2. The molecule has 2 rings (SSSR count). The van der Waals surface area contributed by atoms with E-state index < -0.39 is 0 Å². The monoisotopic (exact) mass is 278 g/mol. The van der Waals surface area contributed by atoms with E-state index in [1.165, 1.54) is 12.8 Å². The average Bonchev–Trinajstić information content (AvgIpc) is 2.94. The van der Waals surface area contributed by atoms with Crippen molar-refractivity contribution in [2.24, 2.45) is 5.41 Å². The molecule has 0 unspecified atom stereocenters. The first-order valence-corrected chi connectivity index (χ1v) is 7.61. The summed E-state index contributed by atoms with van der Waals surface area (Å²) < 4.78 is 0. The molecule has 0 saturated heterocycles. The highest BCUT2D eigenvalue weighted by Gasteiger charge is 2.33. The van der Waals surface area contributed by atoms with Crippen molar-refractivity contribution in [1.82, 2.24) is 9.97 Å². The molecular weight excluding hydrogens is 252 g/mol. The van der Waals surface area contributed by atoms with Crippen molar-refractivity contribution in [3.8, 4) is 0 Å². The Balaban J connectivity index is 2.00. The lowest BCUT2D eigenvalue weighted by Crippen LogP contribution is -2.31. The number of aryl methyl sites for hydroxylation is 1. The summed E-state index contributed by atoms with van der Waals surface area (Å²) in [7, 11) is 0. The molecule has 1 fully saturated rings. The fourth-order valence-electron chi connectivity index (χ4n) is 2.73. The van der Waals surface area contributed by atoms with Gasteiger partial charge in [0.15, 0.2) is 0 Å². The smallest absolute Gasteiger partial charge is 0.224 e. The predicted octanol–water partition coefficient (Wildman–Crippen LogP) is 2.57. The minimum absolute atomic E-state index is 0.0361. The number of hydrogen-bond acceptors (Lipinski definition) is 5. The Morgan fingerprint density at radius 3 is 2.70 bits per heavy atom. The number of aliphatic hydroxyl groups is 1. The van der Waals surface area contributed by atoms with Gasteiger partial charge < -0.3 is 15.7 Å². The predicted molar refractivity (Wildman–Crippen MR) is 82.0 cm³/mol. The van der Waals surface area contributed by atoms with Crippen molar-refractivity contribution in [3.05, 3.63) is 11.8 Å². The van der Waals surface area contributed by atoms with Gasteiger partial charge in [-0.2, -0.15) is 4.98 Å². The summed E-state index contributed by atoms with van der Waals surface area (Å²) in [5.41, 5.74) is 1.08. The summed E-state index contributed by atoms with van der Waals surface area (Å²) in [6, 6.07) is 0. The third-order valence-corrected chi connectivity index (χ3v) is 4.14. The molecule has 0 bridgehead atoms. The highest BCUT2D eigenvalue weighted by molar-refractivity contribution is 5.46. The third kappa shape index (κ3) is 3.60. The molecule has 1 saturated carbocycles. The number of nitrogens with zero attached hydrogens (tertiary/aromatic N) is 2. The van der Waals surface area contributed by atoms with Gasteiger partial charge >= 0.3 is 0 Å². The molecule has 0 spiro atoms. The van der Waals surface area contributed by atoms with Crippen molar-refractivity contribution in [2.45, 2.75) is 46.0 Å². The summed E-state index contributed by atoms with van der Waals surface area (Å²) in [5, 5.41) is 16.3. The molecule has 0 atom stereocenters. The number of rotatable bonds is 7. The van der Waals surface area contributed by atoms with Crippen LogP contribution in [0.3, 0.4) is 0 Å². The molecule has 1 aromatic heterocycles. The van der Waals surface area contributed by atoms with Crippen molar-refractivity contribution < 1.29 is 5.11 Å². The molecule has 3 N–H and O–H groups in total. The summed E-state index contributed by atoms with van der Waals surface area (Å²) in [6.07, 6.45) is 7.52. The third-order valence-electron chi connectivity index (χ3n) is 4.14. The first-order valence-electron chi connectivity index (χ1n) is 7.61. The average molecular weight is 278 g/mol. The molecule has 1 aliphatic rings. The lowest BCUT2D eigenvalue weighted by Gasteiger charge is -2.27. The fourth-order valence-corrected chi connectivity index (χ4v) is 2.73. The Morgan fingerprint density at radius 1 is 1.30 bits per heavy atom. The zero-order chi connectivity index (χ0) is 14.4. The van der Waals surface area contributed by atoms with Crippen LogP contribution in [-0.4, -0.2) is 34.8 Å². The highest BCUT2D eigenvalue weighted by atomic mass is 16.3. The first kappa shape index (κ1) is 15.0. The minimum Gasteiger partial charge on any atom is -0.396 e. The second-order valence-corrected chi connectivity index (χ2v) is 5.87. The SMILES string of the molecule is CCCNc1ncc(C)c(NCC2(CO)CCCC2)n1. The van der Waals surface area contributed by atoms with Gasteiger partial charge in [-0.25, -0.2) is 4.98 Å². The maximum absolute atomic E-state index is 9.65. The van der Waals surface area contributed by atoms with Gasteiger partial charge in [0.25, 0.3) is 0 Å². The summed E-state index contributed by atoms with van der Waals surface area (Å²) in [4.78, 5) is 8.80. The topological polar surface area (TPSA) is 70.1 Å². The highest BCUT2D eigenvalue weighted by Crippen LogP contribution is 2.37. The van der Waals surface area contributed by atoms with E-state index in [4.69, 9.17) is 0 Å². The molecule has 0 radical (unpaired) electrons. The molecule has 5 nitrogen and oxygen atoms in total. The van der Waals surface area contributed by atoms with Crippen LogP contribution in [-0.2, 0) is 0 Å². The van der Waals surface area contributed by atoms with Gasteiger partial charge in [0.2, 0.25) is 5.95 Å². The zero-order valence-electron chi connectivity index (χ0n) is 12.6. The standard InChI is InChI=1S/C15H26N4O/c1-3-8-16-14-17-9-12(2)13(19-14)18-10-15(11-20)6-4-5-7-15/h9,20H,3-8,10-11H2,1-2H3,(H2,16,17,18,19). The maximum Gasteiger partial charge on any atom is 0.224 e. The van der Waals surface area contributed by atoms with Crippen LogP contribution >= 0.6 is 0 Å². The Labute approximate surface area is 121 Å². The van der Waals surface area contributed by atoms with Gasteiger partial charge in [-0.3, -0.25) is 0 Å². The Bertz CT molecular complexity index is 430. The van der Waals surface area contributed by atoms with Gasteiger partial charge in [0.1, 0.15) is 5.82 Å². The van der Waals surface area contributed by atoms with Crippen LogP contribution in [0.5, 0.6) is 0 Å². The fraction of sp³-hybridized carbons (Fsp3) is 0.733. The van der Waals surface area contributed by atoms with Gasteiger partial charge in [0.05, 0.1) is 6.61 Å². The molecule has 20 heavy (non-hydrogen) atoms. The van der Waals surface area contributed by atoms with Crippen molar-refractivity contribution in [3.63, 3.8) is 0 Å². The van der Waals surface area contributed by atoms with Crippen LogP contribution < -0.4 is 10.6 Å². The van der Waals surface area contributed by atoms with E-state index in [0.29, 0.717) is 5.95 Å². The molecule has 112 valence electrons. The summed E-state index contributed by atoms with van der Waals surface area (Å²) in [6.45, 7) is 6.04. The van der Waals surface area contributed by atoms with Gasteiger partial charge in [-0.1, -0.05) is 19.8 Å². The van der Waals surface area contributed by atoms with Gasteiger partial charge in [-0.15, -0.1) is 0 Å². The van der Waals surface area contributed by atoms with E-state index in [-0.39, 0.29) is 12.0 Å². The van der Waals surface area contributed by atoms with Crippen molar-refractivity contribution in [1.29, 1.82) is 0 Å². The Morgan fingerprint density at radius 2 is 2.05 bits per heavy atom. The molecule has 1 heterocycles. The van der Waals surface area contributed by atoms with E-state index in [2.05, 4.69) is 27.5 Å². The minimum atomic E-state index is 0.0361. The number of anilines is 2. The van der Waals surface area contributed by atoms with E-state index in [1.54, 1.807) is 0 Å². The second kappa shape index (κ2) is 6.88. The number of aromatic nitrogens is 2. The molecule has 0 aliphatic heterocycles. The van der Waals surface area contributed by atoms with Crippen LogP contribution in [0, 0.1) is 12.3 Å². The first-order chi connectivity index (χ1) is 9.69. The molecule has 1 aliphatic carbocycles. The lowest BCUT2D eigenvalue weighted by molar-refractivity contribution is 0.142. The van der Waals surface area contributed by atoms with Crippen molar-refractivity contribution in [2.75, 3.05) is 30.3 Å². The van der Waals surface area contributed by atoms with Crippen LogP contribution in [0.25, 0.3) is 0 Å². The summed E-state index contributed by atoms with van der Waals surface area (Å²) in [5.74, 6) is 1.54. The van der Waals surface area contributed by atoms with Crippen LogP contribution in [0.15, 0.2) is 6.20 Å². The normalized spacial score (nSPS) is 17.1. The Hall–Kier alpha value is -1.36. The molecule has 0 aromatic carbocycles. The molecule has 0 amide bonds. The largest absolute Gasteiger partial charge is 0.396 e. The maximum atomic E-state index is 9.65. The lowest BCUT2D eigenvalue weighted by atomic mass is 9.87. The number of aliphatic hydroxyl groups excluding tert-OH is 1. The molecular formula is C15H26N4O. The Kier molecular flexibility index (Phi) is 5.17. The van der Waals surface area contributed by atoms with Crippen LogP contribution in [0.1, 0.15) is 44.6 Å². The van der Waals surface area contributed by atoms with Gasteiger partial charge in [0, 0.05) is 30.3 Å². The van der Waals surface area contributed by atoms with Crippen LogP contribution in [0.4, 0.5) is 11.8 Å². The van der Waals surface area contributed by atoms with E-state index in [9.17, 15) is 5.11 Å². The van der Waals surface area contributed by atoms with E-state index in [1.807, 2.05) is 13.1 Å². The zero-order valence-corrected chi connectivity index (χ0v) is 12.6. The quantitative estimate of drug-likeness (QED) is 0.715. The van der Waals surface area contributed by atoms with Gasteiger partial charge in [-0.05, 0) is 26.2 Å².